The molecule has 0 aromatic carbocycles. The third kappa shape index (κ3) is 19.4. The van der Waals surface area contributed by atoms with Crippen LogP contribution in [-0.4, -0.2) is 24.3 Å². The van der Waals surface area contributed by atoms with E-state index in [2.05, 4.69) is 11.3 Å². The van der Waals surface area contributed by atoms with E-state index in [0.717, 1.165) is 0 Å². The summed E-state index contributed by atoms with van der Waals surface area (Å²) in [4.78, 5) is 19.4. The van der Waals surface area contributed by atoms with Gasteiger partial charge in [-0.1, -0.05) is 0 Å². The summed E-state index contributed by atoms with van der Waals surface area (Å²) < 4.78 is 43.4. The van der Waals surface area contributed by atoms with Gasteiger partial charge >= 0.3 is 134 Å². The first-order valence-electron chi connectivity index (χ1n) is 5.17. The monoisotopic (exact) mass is 390 g/mol. The van der Waals surface area contributed by atoms with Gasteiger partial charge in [-0.3, -0.25) is 0 Å². The van der Waals surface area contributed by atoms with E-state index in [-0.39, 0.29) is 61.0 Å². The van der Waals surface area contributed by atoms with E-state index < -0.39 is 24.3 Å². The van der Waals surface area contributed by atoms with Crippen LogP contribution >= 0.6 is 15.8 Å². The van der Waals surface area contributed by atoms with Crippen LogP contribution in [-0.2, 0) is 38.2 Å². The third-order valence-corrected chi connectivity index (χ3v) is 2.37. The fraction of sp³-hybridized carbons (Fsp3) is 0.600. The van der Waals surface area contributed by atoms with Crippen LogP contribution in [0.4, 0.5) is 8.78 Å². The Labute approximate surface area is 134 Å². The molecule has 0 N–H and O–H groups in total. The van der Waals surface area contributed by atoms with Gasteiger partial charge in [0.15, 0.2) is 0 Å². The molecule has 0 rings (SSSR count). The smallest absolute Gasteiger partial charge is 2.00 e. The molecule has 11 heteroatoms. The van der Waals surface area contributed by atoms with E-state index in [1.54, 1.807) is 0 Å². The molecule has 0 saturated heterocycles. The normalized spacial score (nSPS) is 11.1. The van der Waals surface area contributed by atoms with Gasteiger partial charge in [0.05, 0.1) is 0 Å². The molecular formula is C10H10F2O6P2Zn. The summed E-state index contributed by atoms with van der Waals surface area (Å²) in [5, 5.41) is 19.4. The maximum absolute atomic E-state index is 12.0. The molecule has 0 aromatic rings. The molecule has 0 unspecified atom stereocenters. The van der Waals surface area contributed by atoms with Crippen molar-refractivity contribution in [1.29, 1.82) is 0 Å². The molecule has 0 aliphatic heterocycles. The standard InChI is InChI=1S/2C5H6FO3P.Zn/c2*6-4(5(7)8)2-1-3-10-9;/h2*4H,1-2H2,(H,7,8);/q;;+2/p-2/t2*4-;/m00./s1. The number of aliphatic carboxylic acids is 2. The van der Waals surface area contributed by atoms with Crippen molar-refractivity contribution in [3.8, 4) is 11.3 Å². The van der Waals surface area contributed by atoms with Crippen molar-refractivity contribution >= 4 is 27.8 Å². The van der Waals surface area contributed by atoms with Gasteiger partial charge < -0.3 is 0 Å². The average Bonchev–Trinajstić information content (AvgIpc) is 2.39. The summed E-state index contributed by atoms with van der Waals surface area (Å²) in [5.74, 6) is -3.46. The molecule has 21 heavy (non-hydrogen) atoms. The Morgan fingerprint density at radius 1 is 0.905 bits per heavy atom. The van der Waals surface area contributed by atoms with Crippen LogP contribution in [0.25, 0.3) is 0 Å². The molecule has 0 aromatic heterocycles. The van der Waals surface area contributed by atoms with Gasteiger partial charge in [0.2, 0.25) is 0 Å². The van der Waals surface area contributed by atoms with Crippen LogP contribution in [0, 0.1) is 11.3 Å². The number of hydrogen-bond acceptors (Lipinski definition) is 6. The molecule has 0 bridgehead atoms. The van der Waals surface area contributed by atoms with Crippen LogP contribution in [0.2, 0.25) is 0 Å². The fourth-order valence-corrected chi connectivity index (χ4v) is 1.15. The Morgan fingerprint density at radius 2 is 1.19 bits per heavy atom. The first-order valence-corrected chi connectivity index (χ1v) is 6.79. The first kappa shape index (κ1) is 25.4. The Balaban J connectivity index is -0.000000295. The van der Waals surface area contributed by atoms with Crippen molar-refractivity contribution in [3.05, 3.63) is 0 Å². The number of halogens is 2. The van der Waals surface area contributed by atoms with Crippen molar-refractivity contribution in [2.24, 2.45) is 0 Å². The maximum Gasteiger partial charge on any atom is 2.00 e. The number of alkyl halides is 2. The maximum atomic E-state index is 12.0. The summed E-state index contributed by atoms with van der Waals surface area (Å²) in [6.45, 7) is 0. The summed E-state index contributed by atoms with van der Waals surface area (Å²) >= 11 is 0. The molecule has 0 spiro atoms. The zero-order chi connectivity index (χ0) is 16.0. The van der Waals surface area contributed by atoms with Crippen molar-refractivity contribution < 1.29 is 57.2 Å². The van der Waals surface area contributed by atoms with Crippen molar-refractivity contribution in [2.45, 2.75) is 38.0 Å². The van der Waals surface area contributed by atoms with Crippen LogP contribution in [0.15, 0.2) is 0 Å². The van der Waals surface area contributed by atoms with E-state index in [1.165, 1.54) is 0 Å². The number of rotatable bonds is 6. The van der Waals surface area contributed by atoms with Crippen LogP contribution in [0.1, 0.15) is 25.7 Å². The van der Waals surface area contributed by atoms with E-state index in [0.29, 0.717) is 0 Å². The molecule has 0 saturated carbocycles. The van der Waals surface area contributed by atoms with Crippen LogP contribution in [0.5, 0.6) is 0 Å². The van der Waals surface area contributed by atoms with Crippen molar-refractivity contribution in [3.63, 3.8) is 0 Å². The minimum atomic E-state index is -1.98. The van der Waals surface area contributed by atoms with Crippen molar-refractivity contribution in [2.75, 3.05) is 0 Å². The largest absolute Gasteiger partial charge is 2.00 e. The van der Waals surface area contributed by atoms with Crippen LogP contribution in [0.3, 0.4) is 0 Å². The predicted molar refractivity (Wildman–Crippen MR) is 61.3 cm³/mol. The first-order chi connectivity index (χ1) is 9.36. The Bertz CT molecular complexity index is 470. The topological polar surface area (TPSA) is 114 Å². The Kier molecular flexibility index (Phi) is 21.2. The predicted octanol–water partition coefficient (Wildman–Crippen LogP) is 0.208. The number of carboxylic acids is 2. The number of carbonyl (C=O) groups excluding carboxylic acids is 2. The summed E-state index contributed by atoms with van der Waals surface area (Å²) in [7, 11) is -0.654. The molecule has 0 heterocycles. The van der Waals surface area contributed by atoms with Gasteiger partial charge in [0.1, 0.15) is 0 Å². The Hall–Kier alpha value is -0.557. The van der Waals surface area contributed by atoms with Gasteiger partial charge in [0.25, 0.3) is 0 Å². The SMILES string of the molecule is O=P#CCC[C@H](F)C(=O)[O-].O=P#CCC[C@H](F)C(=O)[O-].[Zn+2]. The summed E-state index contributed by atoms with van der Waals surface area (Å²) in [5.41, 5.74) is 4.44. The summed E-state index contributed by atoms with van der Waals surface area (Å²) in [6, 6.07) is 0. The molecule has 0 aliphatic rings. The van der Waals surface area contributed by atoms with Gasteiger partial charge in [-0.05, 0) is 0 Å². The molecule has 112 valence electrons. The number of carboxylic acid groups (broad SMARTS) is 2. The fourth-order valence-electron chi connectivity index (χ4n) is 0.710. The van der Waals surface area contributed by atoms with Crippen LogP contribution < -0.4 is 10.2 Å². The zero-order valence-corrected chi connectivity index (χ0v) is 15.5. The average molecular weight is 392 g/mol. The van der Waals surface area contributed by atoms with Gasteiger partial charge in [-0.25, -0.2) is 0 Å². The molecular weight excluding hydrogens is 381 g/mol. The second-order valence-electron chi connectivity index (χ2n) is 3.15. The van der Waals surface area contributed by atoms with E-state index in [1.807, 2.05) is 0 Å². The van der Waals surface area contributed by atoms with E-state index >= 15 is 0 Å². The summed E-state index contributed by atoms with van der Waals surface area (Å²) in [6.07, 6.45) is -4.29. The molecule has 6 nitrogen and oxygen atoms in total. The minimum Gasteiger partial charge on any atom is 2.00 e. The second-order valence-corrected chi connectivity index (χ2v) is 4.15. The van der Waals surface area contributed by atoms with Gasteiger partial charge in [-0.15, -0.1) is 0 Å². The molecule has 0 aliphatic carbocycles. The molecule has 0 fully saturated rings. The molecule has 2 atom stereocenters. The van der Waals surface area contributed by atoms with Gasteiger partial charge in [-0.2, -0.15) is 0 Å². The van der Waals surface area contributed by atoms with E-state index in [4.69, 9.17) is 0 Å². The van der Waals surface area contributed by atoms with Crippen molar-refractivity contribution in [1.82, 2.24) is 0 Å². The van der Waals surface area contributed by atoms with Gasteiger partial charge in [0, 0.05) is 0 Å². The quantitative estimate of drug-likeness (QED) is 0.472. The Morgan fingerprint density at radius 3 is 1.38 bits per heavy atom. The number of carbonyl (C=O) groups is 2. The third-order valence-electron chi connectivity index (χ3n) is 1.66. The zero-order valence-electron chi connectivity index (χ0n) is 10.8. The molecule has 0 radical (unpaired) electrons. The second kappa shape index (κ2) is 17.5. The molecule has 0 amide bonds. The minimum absolute atomic E-state index is 0. The van der Waals surface area contributed by atoms with E-state index in [9.17, 15) is 37.7 Å². The number of hydrogen-bond donors (Lipinski definition) is 0.